The second kappa shape index (κ2) is 6.73. The number of hydrogen-bond donors (Lipinski definition) is 2. The molecule has 0 saturated carbocycles. The van der Waals surface area contributed by atoms with Gasteiger partial charge in [-0.3, -0.25) is 0 Å². The fourth-order valence-electron chi connectivity index (χ4n) is 2.24. The van der Waals surface area contributed by atoms with Crippen molar-refractivity contribution in [3.63, 3.8) is 0 Å². The van der Waals surface area contributed by atoms with Crippen LogP contribution in [0.15, 0.2) is 12.1 Å². The molecule has 21 heavy (non-hydrogen) atoms. The maximum atomic E-state index is 12.2. The van der Waals surface area contributed by atoms with E-state index < -0.39 is 18.0 Å². The number of rotatable bonds is 2. The molecule has 1 fully saturated rings. The van der Waals surface area contributed by atoms with Gasteiger partial charge in [-0.15, -0.1) is 0 Å². The van der Waals surface area contributed by atoms with Crippen molar-refractivity contribution >= 4 is 52.5 Å². The number of amides is 2. The van der Waals surface area contributed by atoms with Crippen molar-refractivity contribution in [2.75, 3.05) is 11.9 Å². The number of nitrogens with zero attached hydrogens (tertiary/aromatic N) is 1. The molecular formula is C13H13Cl3N2O3. The number of hydrogen-bond acceptors (Lipinski definition) is 2. The molecule has 1 aromatic rings. The predicted octanol–water partition coefficient (Wildman–Crippen LogP) is 4.12. The Labute approximate surface area is 136 Å². The summed E-state index contributed by atoms with van der Waals surface area (Å²) >= 11 is 17.7. The van der Waals surface area contributed by atoms with E-state index in [2.05, 4.69) is 5.32 Å². The van der Waals surface area contributed by atoms with Gasteiger partial charge in [-0.2, -0.15) is 0 Å². The van der Waals surface area contributed by atoms with Crippen molar-refractivity contribution in [2.24, 2.45) is 0 Å². The Bertz CT molecular complexity index is 580. The number of aliphatic carboxylic acids is 1. The van der Waals surface area contributed by atoms with E-state index in [4.69, 9.17) is 34.8 Å². The van der Waals surface area contributed by atoms with E-state index in [1.54, 1.807) is 0 Å². The quantitative estimate of drug-likeness (QED) is 0.788. The van der Waals surface area contributed by atoms with E-state index in [9.17, 15) is 14.7 Å². The first kappa shape index (κ1) is 16.2. The number of carbonyl (C=O) groups is 2. The average Bonchev–Trinajstić information content (AvgIpc) is 2.44. The maximum absolute atomic E-state index is 12.2. The Hall–Kier alpha value is -1.17. The lowest BCUT2D eigenvalue weighted by molar-refractivity contribution is -0.143. The van der Waals surface area contributed by atoms with Crippen LogP contribution in [-0.4, -0.2) is 34.6 Å². The summed E-state index contributed by atoms with van der Waals surface area (Å²) in [5.41, 5.74) is 0.297. The molecule has 2 N–H and O–H groups in total. The normalized spacial score (nSPS) is 18.4. The number of halogens is 3. The van der Waals surface area contributed by atoms with E-state index in [1.165, 1.54) is 17.0 Å². The van der Waals surface area contributed by atoms with Crippen LogP contribution in [0.5, 0.6) is 0 Å². The van der Waals surface area contributed by atoms with Crippen LogP contribution in [0.4, 0.5) is 10.5 Å². The summed E-state index contributed by atoms with van der Waals surface area (Å²) in [5.74, 6) is -1.01. The van der Waals surface area contributed by atoms with Gasteiger partial charge >= 0.3 is 12.0 Å². The third-order valence-corrected chi connectivity index (χ3v) is 4.34. The zero-order chi connectivity index (χ0) is 15.6. The number of anilines is 1. The van der Waals surface area contributed by atoms with Gasteiger partial charge < -0.3 is 15.3 Å². The first-order chi connectivity index (χ1) is 9.90. The zero-order valence-electron chi connectivity index (χ0n) is 10.9. The van der Waals surface area contributed by atoms with Crippen LogP contribution in [0.1, 0.15) is 19.3 Å². The fourth-order valence-corrected chi connectivity index (χ4v) is 2.83. The summed E-state index contributed by atoms with van der Waals surface area (Å²) in [6, 6.07) is 1.53. The van der Waals surface area contributed by atoms with Crippen LogP contribution in [-0.2, 0) is 4.79 Å². The number of urea groups is 1. The SMILES string of the molecule is O=C(O)C1CCCCN1C(=O)Nc1cc(Cl)c(Cl)cc1Cl. The maximum Gasteiger partial charge on any atom is 0.326 e. The molecule has 5 nitrogen and oxygen atoms in total. The standard InChI is InChI=1S/C13H13Cl3N2O3/c14-7-5-9(16)10(6-8(7)15)17-13(21)18-4-2-1-3-11(18)12(19)20/h5-6,11H,1-4H2,(H,17,21)(H,19,20). The highest BCUT2D eigenvalue weighted by atomic mass is 35.5. The first-order valence-corrected chi connectivity index (χ1v) is 7.48. The van der Waals surface area contributed by atoms with Crippen LogP contribution < -0.4 is 5.32 Å². The van der Waals surface area contributed by atoms with E-state index in [0.29, 0.717) is 18.7 Å². The van der Waals surface area contributed by atoms with Gasteiger partial charge in [0, 0.05) is 6.54 Å². The summed E-state index contributed by atoms with van der Waals surface area (Å²) in [5, 5.41) is 12.5. The molecule has 1 saturated heterocycles. The second-order valence-corrected chi connectivity index (χ2v) is 5.94. The molecule has 8 heteroatoms. The zero-order valence-corrected chi connectivity index (χ0v) is 13.2. The molecule has 0 radical (unpaired) electrons. The Morgan fingerprint density at radius 3 is 2.48 bits per heavy atom. The first-order valence-electron chi connectivity index (χ1n) is 6.35. The van der Waals surface area contributed by atoms with Crippen LogP contribution >= 0.6 is 34.8 Å². The smallest absolute Gasteiger partial charge is 0.326 e. The number of benzene rings is 1. The number of likely N-dealkylation sites (tertiary alicyclic amines) is 1. The third kappa shape index (κ3) is 3.73. The minimum absolute atomic E-state index is 0.238. The van der Waals surface area contributed by atoms with E-state index in [1.807, 2.05) is 0 Å². The molecule has 0 aliphatic carbocycles. The summed E-state index contributed by atoms with van der Waals surface area (Å²) in [6.45, 7) is 0.391. The van der Waals surface area contributed by atoms with Gasteiger partial charge in [0.2, 0.25) is 0 Å². The Balaban J connectivity index is 2.17. The van der Waals surface area contributed by atoms with Gasteiger partial charge in [0.15, 0.2) is 0 Å². The van der Waals surface area contributed by atoms with Gasteiger partial charge in [-0.05, 0) is 31.4 Å². The molecule has 1 aliphatic rings. The summed E-state index contributed by atoms with van der Waals surface area (Å²) < 4.78 is 0. The summed E-state index contributed by atoms with van der Waals surface area (Å²) in [6.07, 6.45) is 2.00. The van der Waals surface area contributed by atoms with Crippen molar-refractivity contribution in [3.8, 4) is 0 Å². The van der Waals surface area contributed by atoms with Crippen molar-refractivity contribution in [2.45, 2.75) is 25.3 Å². The van der Waals surface area contributed by atoms with Gasteiger partial charge in [0.1, 0.15) is 6.04 Å². The van der Waals surface area contributed by atoms with Crippen LogP contribution in [0, 0.1) is 0 Å². The topological polar surface area (TPSA) is 69.6 Å². The van der Waals surface area contributed by atoms with E-state index >= 15 is 0 Å². The molecule has 1 atom stereocenters. The molecule has 1 aromatic carbocycles. The number of carboxylic acids is 1. The van der Waals surface area contributed by atoms with E-state index in [-0.39, 0.29) is 15.1 Å². The van der Waals surface area contributed by atoms with Crippen LogP contribution in [0.3, 0.4) is 0 Å². The molecule has 1 aliphatic heterocycles. The Kier molecular flexibility index (Phi) is 5.19. The molecule has 2 rings (SSSR count). The molecule has 0 spiro atoms. The fraction of sp³-hybridized carbons (Fsp3) is 0.385. The molecule has 0 bridgehead atoms. The predicted molar refractivity (Wildman–Crippen MR) is 82.5 cm³/mol. The van der Waals surface area contributed by atoms with Crippen LogP contribution in [0.25, 0.3) is 0 Å². The van der Waals surface area contributed by atoms with Gasteiger partial charge in [0.05, 0.1) is 20.8 Å². The highest BCUT2D eigenvalue weighted by Crippen LogP contribution is 2.32. The van der Waals surface area contributed by atoms with Crippen molar-refractivity contribution in [1.82, 2.24) is 4.90 Å². The van der Waals surface area contributed by atoms with Gasteiger partial charge in [0.25, 0.3) is 0 Å². The van der Waals surface area contributed by atoms with E-state index in [0.717, 1.165) is 12.8 Å². The minimum Gasteiger partial charge on any atom is -0.480 e. The second-order valence-electron chi connectivity index (χ2n) is 4.72. The molecule has 114 valence electrons. The molecular weight excluding hydrogens is 339 g/mol. The summed E-state index contributed by atoms with van der Waals surface area (Å²) in [4.78, 5) is 24.7. The number of piperidine rings is 1. The number of carboxylic acid groups (broad SMARTS) is 1. The number of carbonyl (C=O) groups excluding carboxylic acids is 1. The Morgan fingerprint density at radius 2 is 1.81 bits per heavy atom. The molecule has 0 aromatic heterocycles. The lowest BCUT2D eigenvalue weighted by Gasteiger charge is -2.33. The number of nitrogens with one attached hydrogen (secondary N) is 1. The Morgan fingerprint density at radius 1 is 1.14 bits per heavy atom. The van der Waals surface area contributed by atoms with Crippen molar-refractivity contribution < 1.29 is 14.7 Å². The molecule has 1 heterocycles. The highest BCUT2D eigenvalue weighted by Gasteiger charge is 2.32. The summed E-state index contributed by atoms with van der Waals surface area (Å²) in [7, 11) is 0. The largest absolute Gasteiger partial charge is 0.480 e. The molecule has 1 unspecified atom stereocenters. The molecule has 2 amide bonds. The lowest BCUT2D eigenvalue weighted by Crippen LogP contribution is -2.49. The monoisotopic (exact) mass is 350 g/mol. The third-order valence-electron chi connectivity index (χ3n) is 3.30. The highest BCUT2D eigenvalue weighted by molar-refractivity contribution is 6.44. The lowest BCUT2D eigenvalue weighted by atomic mass is 10.0. The van der Waals surface area contributed by atoms with Gasteiger partial charge in [-0.25, -0.2) is 9.59 Å². The van der Waals surface area contributed by atoms with Crippen LogP contribution in [0.2, 0.25) is 15.1 Å². The average molecular weight is 352 g/mol. The minimum atomic E-state index is -1.01. The van der Waals surface area contributed by atoms with Crippen molar-refractivity contribution in [3.05, 3.63) is 27.2 Å². The van der Waals surface area contributed by atoms with Gasteiger partial charge in [-0.1, -0.05) is 34.8 Å². The van der Waals surface area contributed by atoms with Crippen molar-refractivity contribution in [1.29, 1.82) is 0 Å².